The van der Waals surface area contributed by atoms with Gasteiger partial charge in [0.2, 0.25) is 5.91 Å². The number of aliphatic hydroxyl groups excluding tert-OH is 1. The lowest BCUT2D eigenvalue weighted by molar-refractivity contribution is -0.132. The van der Waals surface area contributed by atoms with Gasteiger partial charge in [0.25, 0.3) is 0 Å². The fourth-order valence-electron chi connectivity index (χ4n) is 4.98. The fourth-order valence-corrected chi connectivity index (χ4v) is 5.10. The van der Waals surface area contributed by atoms with Crippen LogP contribution in [0.3, 0.4) is 0 Å². The number of rotatable bonds is 5. The van der Waals surface area contributed by atoms with Crippen molar-refractivity contribution >= 4 is 23.3 Å². The number of hydrogen-bond donors (Lipinski definition) is 2. The van der Waals surface area contributed by atoms with E-state index >= 15 is 0 Å². The second-order valence-corrected chi connectivity index (χ2v) is 11.0. The molecule has 2 aromatic rings. The van der Waals surface area contributed by atoms with Crippen molar-refractivity contribution in [2.24, 2.45) is 0 Å². The first kappa shape index (κ1) is 24.9. The summed E-state index contributed by atoms with van der Waals surface area (Å²) in [5.41, 5.74) is 2.70. The predicted molar refractivity (Wildman–Crippen MR) is 135 cm³/mol. The van der Waals surface area contributed by atoms with E-state index in [1.807, 2.05) is 29.2 Å². The summed E-state index contributed by atoms with van der Waals surface area (Å²) < 4.78 is 0. The zero-order chi connectivity index (χ0) is 24.5. The molecule has 0 saturated carbocycles. The van der Waals surface area contributed by atoms with Crippen LogP contribution >= 0.6 is 11.6 Å². The summed E-state index contributed by atoms with van der Waals surface area (Å²) in [5.74, 6) is 0.992. The molecular formula is C26H36ClN5O2. The van der Waals surface area contributed by atoms with E-state index in [2.05, 4.69) is 47.9 Å². The first-order valence-corrected chi connectivity index (χ1v) is 12.6. The predicted octanol–water partition coefficient (Wildman–Crippen LogP) is 3.88. The monoisotopic (exact) mass is 485 g/mol. The molecule has 34 heavy (non-hydrogen) atoms. The number of hydrogen-bond acceptors (Lipinski definition) is 6. The van der Waals surface area contributed by atoms with Crippen molar-refractivity contribution in [2.45, 2.75) is 64.0 Å². The average Bonchev–Trinajstić information content (AvgIpc) is 2.95. The molecule has 184 valence electrons. The Balaban J connectivity index is 1.51. The van der Waals surface area contributed by atoms with Gasteiger partial charge < -0.3 is 20.2 Å². The average molecular weight is 486 g/mol. The van der Waals surface area contributed by atoms with Gasteiger partial charge >= 0.3 is 0 Å². The standard InChI is InChI=1S/C26H36ClN5O2/c1-17-14-21(33)23-22(17)24(29-16-28-23)31-10-5-11-32(13-12-31)25(34)20(15-30-26(2,3)4)18-6-8-19(27)9-7-18/h6-9,16-17,20-21,30,33H,5,10-15H2,1-4H3/t17-,20-,21-/m1/s1. The Bertz CT molecular complexity index is 1010. The molecule has 0 bridgehead atoms. The Morgan fingerprint density at radius 1 is 1.18 bits per heavy atom. The fraction of sp³-hybridized carbons (Fsp3) is 0.577. The normalized spacial score (nSPS) is 21.8. The number of nitrogens with one attached hydrogen (secondary N) is 1. The minimum absolute atomic E-state index is 0.0881. The van der Waals surface area contributed by atoms with Gasteiger partial charge in [0.05, 0.1) is 17.7 Å². The number of anilines is 1. The van der Waals surface area contributed by atoms with Crippen molar-refractivity contribution in [3.05, 3.63) is 52.4 Å². The second kappa shape index (κ2) is 10.2. The minimum Gasteiger partial charge on any atom is -0.387 e. The van der Waals surface area contributed by atoms with Crippen LogP contribution in [0.15, 0.2) is 30.6 Å². The van der Waals surface area contributed by atoms with Crippen LogP contribution in [0.2, 0.25) is 5.02 Å². The molecule has 7 nitrogen and oxygen atoms in total. The molecule has 0 spiro atoms. The Hall–Kier alpha value is -2.22. The Labute approximate surface area is 207 Å². The molecular weight excluding hydrogens is 450 g/mol. The first-order valence-electron chi connectivity index (χ1n) is 12.2. The molecule has 2 heterocycles. The third-order valence-corrected chi connectivity index (χ3v) is 7.05. The molecule has 3 atom stereocenters. The van der Waals surface area contributed by atoms with E-state index in [9.17, 15) is 9.90 Å². The number of carbonyl (C=O) groups excluding carboxylic acids is 1. The molecule has 0 radical (unpaired) electrons. The third kappa shape index (κ3) is 5.53. The van der Waals surface area contributed by atoms with Gasteiger partial charge in [-0.2, -0.15) is 0 Å². The van der Waals surface area contributed by atoms with Gasteiger partial charge in [-0.05, 0) is 57.2 Å². The van der Waals surface area contributed by atoms with Gasteiger partial charge in [-0.25, -0.2) is 9.97 Å². The van der Waals surface area contributed by atoms with Gasteiger partial charge in [0, 0.05) is 48.8 Å². The molecule has 8 heteroatoms. The second-order valence-electron chi connectivity index (χ2n) is 10.5. The van der Waals surface area contributed by atoms with Gasteiger partial charge in [-0.15, -0.1) is 0 Å². The van der Waals surface area contributed by atoms with E-state index in [0.717, 1.165) is 35.6 Å². The first-order chi connectivity index (χ1) is 16.1. The van der Waals surface area contributed by atoms with E-state index in [0.29, 0.717) is 37.6 Å². The maximum Gasteiger partial charge on any atom is 0.231 e. The number of aliphatic hydroxyl groups is 1. The molecule has 2 N–H and O–H groups in total. The van der Waals surface area contributed by atoms with Crippen LogP contribution in [0.1, 0.15) is 75.3 Å². The largest absolute Gasteiger partial charge is 0.387 e. The molecule has 1 aromatic carbocycles. The highest BCUT2D eigenvalue weighted by atomic mass is 35.5. The van der Waals surface area contributed by atoms with Crippen LogP contribution < -0.4 is 10.2 Å². The molecule has 4 rings (SSSR count). The number of amides is 1. The van der Waals surface area contributed by atoms with E-state index < -0.39 is 6.10 Å². The lowest BCUT2D eigenvalue weighted by atomic mass is 9.95. The van der Waals surface area contributed by atoms with Gasteiger partial charge in [0.15, 0.2) is 0 Å². The number of aromatic nitrogens is 2. The molecule has 2 aliphatic rings. The van der Waals surface area contributed by atoms with Crippen LogP contribution in [-0.4, -0.2) is 64.1 Å². The smallest absolute Gasteiger partial charge is 0.231 e. The summed E-state index contributed by atoms with van der Waals surface area (Å²) in [5, 5.41) is 14.5. The molecule has 1 saturated heterocycles. The summed E-state index contributed by atoms with van der Waals surface area (Å²) >= 11 is 6.11. The minimum atomic E-state index is -0.521. The summed E-state index contributed by atoms with van der Waals surface area (Å²) in [7, 11) is 0. The molecule has 1 aliphatic carbocycles. The molecule has 1 fully saturated rings. The topological polar surface area (TPSA) is 81.6 Å². The molecule has 1 amide bonds. The lowest BCUT2D eigenvalue weighted by Crippen LogP contribution is -2.45. The summed E-state index contributed by atoms with van der Waals surface area (Å²) in [6, 6.07) is 7.61. The molecule has 1 aromatic heterocycles. The van der Waals surface area contributed by atoms with Gasteiger partial charge in [-0.3, -0.25) is 4.79 Å². The van der Waals surface area contributed by atoms with E-state index in [1.54, 1.807) is 6.33 Å². The SMILES string of the molecule is C[C@@H]1C[C@@H](O)c2ncnc(N3CCCN(C(=O)[C@H](CNC(C)(C)C)c4ccc(Cl)cc4)CC3)c21. The van der Waals surface area contributed by atoms with Crippen molar-refractivity contribution in [3.8, 4) is 0 Å². The zero-order valence-corrected chi connectivity index (χ0v) is 21.3. The summed E-state index contributed by atoms with van der Waals surface area (Å²) in [6.45, 7) is 11.9. The number of fused-ring (bicyclic) bond motifs is 1. The van der Waals surface area contributed by atoms with Crippen molar-refractivity contribution in [2.75, 3.05) is 37.6 Å². The number of nitrogens with zero attached hydrogens (tertiary/aromatic N) is 4. The van der Waals surface area contributed by atoms with Gasteiger partial charge in [-0.1, -0.05) is 30.7 Å². The van der Waals surface area contributed by atoms with Crippen LogP contribution in [0, 0.1) is 0 Å². The number of carbonyl (C=O) groups is 1. The van der Waals surface area contributed by atoms with E-state index in [-0.39, 0.29) is 23.3 Å². The highest BCUT2D eigenvalue weighted by Gasteiger charge is 2.34. The quantitative estimate of drug-likeness (QED) is 0.668. The van der Waals surface area contributed by atoms with Crippen LogP contribution in [-0.2, 0) is 4.79 Å². The molecule has 0 unspecified atom stereocenters. The van der Waals surface area contributed by atoms with Crippen molar-refractivity contribution < 1.29 is 9.90 Å². The highest BCUT2D eigenvalue weighted by molar-refractivity contribution is 6.30. The highest BCUT2D eigenvalue weighted by Crippen LogP contribution is 2.42. The van der Waals surface area contributed by atoms with Crippen LogP contribution in [0.5, 0.6) is 0 Å². The summed E-state index contributed by atoms with van der Waals surface area (Å²) in [4.78, 5) is 26.9. The Kier molecular flexibility index (Phi) is 7.45. The van der Waals surface area contributed by atoms with Crippen LogP contribution in [0.4, 0.5) is 5.82 Å². The maximum atomic E-state index is 13.8. The summed E-state index contributed by atoms with van der Waals surface area (Å²) in [6.07, 6.45) is 2.58. The Morgan fingerprint density at radius 3 is 2.62 bits per heavy atom. The zero-order valence-electron chi connectivity index (χ0n) is 20.6. The number of benzene rings is 1. The number of halogens is 1. The van der Waals surface area contributed by atoms with Crippen molar-refractivity contribution in [3.63, 3.8) is 0 Å². The Morgan fingerprint density at radius 2 is 1.91 bits per heavy atom. The maximum absolute atomic E-state index is 13.8. The molecule has 1 aliphatic heterocycles. The third-order valence-electron chi connectivity index (χ3n) is 6.79. The van der Waals surface area contributed by atoms with Crippen molar-refractivity contribution in [1.29, 1.82) is 0 Å². The van der Waals surface area contributed by atoms with Crippen molar-refractivity contribution in [1.82, 2.24) is 20.2 Å². The van der Waals surface area contributed by atoms with E-state index in [1.165, 1.54) is 0 Å². The lowest BCUT2D eigenvalue weighted by Gasteiger charge is -2.30. The van der Waals surface area contributed by atoms with Crippen LogP contribution in [0.25, 0.3) is 0 Å². The van der Waals surface area contributed by atoms with Gasteiger partial charge in [0.1, 0.15) is 12.1 Å². The van der Waals surface area contributed by atoms with E-state index in [4.69, 9.17) is 11.6 Å².